The SMILES string of the molecule is COc1ccc(OC[C@@H](O)CN(Cc2ccc(OC)c(OC)c2)Cc2ccco2)cc1. The van der Waals surface area contributed by atoms with Gasteiger partial charge in [-0.15, -0.1) is 0 Å². The molecule has 1 N–H and O–H groups in total. The smallest absolute Gasteiger partial charge is 0.161 e. The molecule has 1 aromatic heterocycles. The first-order chi connectivity index (χ1) is 15.1. The molecule has 1 atom stereocenters. The van der Waals surface area contributed by atoms with Gasteiger partial charge < -0.3 is 28.5 Å². The summed E-state index contributed by atoms with van der Waals surface area (Å²) in [6.07, 6.45) is 0.963. The van der Waals surface area contributed by atoms with Crippen molar-refractivity contribution in [3.8, 4) is 23.0 Å². The van der Waals surface area contributed by atoms with Gasteiger partial charge in [-0.2, -0.15) is 0 Å². The van der Waals surface area contributed by atoms with Crippen LogP contribution in [-0.2, 0) is 13.1 Å². The second-order valence-electron chi connectivity index (χ2n) is 7.08. The van der Waals surface area contributed by atoms with Crippen molar-refractivity contribution in [2.75, 3.05) is 34.5 Å². The standard InChI is InChI=1S/C24H29NO6/c1-27-20-7-9-21(10-8-20)31-17-19(26)15-25(16-22-5-4-12-30-22)14-18-6-11-23(28-2)24(13-18)29-3/h4-13,19,26H,14-17H2,1-3H3/t19-/m0/s1. The molecule has 0 fully saturated rings. The lowest BCUT2D eigenvalue weighted by Gasteiger charge is -2.25. The third kappa shape index (κ3) is 6.67. The van der Waals surface area contributed by atoms with Crippen LogP contribution in [0.4, 0.5) is 0 Å². The second kappa shape index (κ2) is 11.3. The fourth-order valence-electron chi connectivity index (χ4n) is 3.26. The van der Waals surface area contributed by atoms with E-state index in [9.17, 15) is 5.11 Å². The molecule has 2 aromatic carbocycles. The van der Waals surface area contributed by atoms with Crippen LogP contribution in [0.3, 0.4) is 0 Å². The summed E-state index contributed by atoms with van der Waals surface area (Å²) < 4.78 is 27.1. The molecule has 0 radical (unpaired) electrons. The number of methoxy groups -OCH3 is 3. The number of ether oxygens (including phenoxy) is 4. The van der Waals surface area contributed by atoms with Gasteiger partial charge >= 0.3 is 0 Å². The van der Waals surface area contributed by atoms with E-state index in [1.807, 2.05) is 54.6 Å². The maximum atomic E-state index is 10.6. The molecular weight excluding hydrogens is 398 g/mol. The van der Waals surface area contributed by atoms with Crippen molar-refractivity contribution in [3.05, 3.63) is 72.2 Å². The first-order valence-electron chi connectivity index (χ1n) is 10.0. The zero-order chi connectivity index (χ0) is 22.1. The lowest BCUT2D eigenvalue weighted by molar-refractivity contribution is 0.0604. The lowest BCUT2D eigenvalue weighted by Crippen LogP contribution is -2.35. The topological polar surface area (TPSA) is 73.5 Å². The third-order valence-corrected chi connectivity index (χ3v) is 4.78. The quantitative estimate of drug-likeness (QED) is 0.472. The van der Waals surface area contributed by atoms with E-state index >= 15 is 0 Å². The highest BCUT2D eigenvalue weighted by Crippen LogP contribution is 2.28. The van der Waals surface area contributed by atoms with Gasteiger partial charge in [0, 0.05) is 13.1 Å². The molecule has 3 rings (SSSR count). The van der Waals surface area contributed by atoms with Gasteiger partial charge in [0.2, 0.25) is 0 Å². The van der Waals surface area contributed by atoms with E-state index in [0.717, 1.165) is 17.1 Å². The van der Waals surface area contributed by atoms with E-state index in [1.165, 1.54) is 0 Å². The van der Waals surface area contributed by atoms with Crippen LogP contribution in [0.5, 0.6) is 23.0 Å². The van der Waals surface area contributed by atoms with Crippen LogP contribution >= 0.6 is 0 Å². The highest BCUT2D eigenvalue weighted by Gasteiger charge is 2.16. The Balaban J connectivity index is 1.63. The van der Waals surface area contributed by atoms with Gasteiger partial charge in [-0.3, -0.25) is 4.90 Å². The third-order valence-electron chi connectivity index (χ3n) is 4.78. The maximum absolute atomic E-state index is 10.6. The minimum Gasteiger partial charge on any atom is -0.497 e. The molecule has 166 valence electrons. The number of benzene rings is 2. The second-order valence-corrected chi connectivity index (χ2v) is 7.08. The van der Waals surface area contributed by atoms with Gasteiger partial charge in [0.1, 0.15) is 30.0 Å². The Morgan fingerprint density at radius 1 is 0.871 bits per heavy atom. The highest BCUT2D eigenvalue weighted by atomic mass is 16.5. The Morgan fingerprint density at radius 3 is 2.26 bits per heavy atom. The summed E-state index contributed by atoms with van der Waals surface area (Å²) in [5, 5.41) is 10.6. The average Bonchev–Trinajstić information content (AvgIpc) is 3.31. The molecule has 0 aliphatic heterocycles. The summed E-state index contributed by atoms with van der Waals surface area (Å²) in [7, 11) is 4.84. The molecule has 0 unspecified atom stereocenters. The summed E-state index contributed by atoms with van der Waals surface area (Å²) in [6, 6.07) is 16.8. The van der Waals surface area contributed by atoms with Crippen LogP contribution in [0.25, 0.3) is 0 Å². The van der Waals surface area contributed by atoms with Crippen LogP contribution < -0.4 is 18.9 Å². The molecule has 7 heteroatoms. The summed E-state index contributed by atoms with van der Waals surface area (Å²) in [4.78, 5) is 2.10. The minimum absolute atomic E-state index is 0.174. The molecule has 7 nitrogen and oxygen atoms in total. The van der Waals surface area contributed by atoms with E-state index in [0.29, 0.717) is 36.9 Å². The monoisotopic (exact) mass is 427 g/mol. The van der Waals surface area contributed by atoms with Crippen molar-refractivity contribution < 1.29 is 28.5 Å². The Labute approximate surface area is 182 Å². The number of rotatable bonds is 12. The fraction of sp³-hybridized carbons (Fsp3) is 0.333. The molecule has 1 heterocycles. The molecule has 3 aromatic rings. The molecule has 31 heavy (non-hydrogen) atoms. The Bertz CT molecular complexity index is 910. The van der Waals surface area contributed by atoms with Crippen LogP contribution in [0.1, 0.15) is 11.3 Å². The number of aliphatic hydroxyl groups excluding tert-OH is 1. The van der Waals surface area contributed by atoms with Gasteiger partial charge in [-0.05, 0) is 54.1 Å². The zero-order valence-corrected chi connectivity index (χ0v) is 18.1. The lowest BCUT2D eigenvalue weighted by atomic mass is 10.1. The number of hydrogen-bond donors (Lipinski definition) is 1. The first-order valence-corrected chi connectivity index (χ1v) is 10.0. The molecule has 0 aliphatic rings. The number of nitrogens with zero attached hydrogens (tertiary/aromatic N) is 1. The maximum Gasteiger partial charge on any atom is 0.161 e. The van der Waals surface area contributed by atoms with E-state index in [4.69, 9.17) is 23.4 Å². The molecule has 0 spiro atoms. The fourth-order valence-corrected chi connectivity index (χ4v) is 3.26. The highest BCUT2D eigenvalue weighted by molar-refractivity contribution is 5.42. The van der Waals surface area contributed by atoms with Crippen LogP contribution in [0, 0.1) is 0 Å². The van der Waals surface area contributed by atoms with Gasteiger partial charge in [-0.1, -0.05) is 6.07 Å². The van der Waals surface area contributed by atoms with E-state index in [2.05, 4.69) is 4.90 Å². The van der Waals surface area contributed by atoms with Crippen molar-refractivity contribution in [3.63, 3.8) is 0 Å². The summed E-state index contributed by atoms with van der Waals surface area (Å²) in [5.41, 5.74) is 1.03. The Morgan fingerprint density at radius 2 is 1.61 bits per heavy atom. The number of hydrogen-bond acceptors (Lipinski definition) is 7. The van der Waals surface area contributed by atoms with Crippen LogP contribution in [0.2, 0.25) is 0 Å². The van der Waals surface area contributed by atoms with E-state index < -0.39 is 6.10 Å². The molecule has 0 saturated carbocycles. The summed E-state index contributed by atoms with van der Waals surface area (Å²) in [5.74, 6) is 3.60. The summed E-state index contributed by atoms with van der Waals surface area (Å²) in [6.45, 7) is 1.74. The Hall–Kier alpha value is -3.16. The van der Waals surface area contributed by atoms with Crippen LogP contribution in [-0.4, -0.2) is 50.6 Å². The van der Waals surface area contributed by atoms with Gasteiger partial charge in [0.25, 0.3) is 0 Å². The Kier molecular flexibility index (Phi) is 8.20. The van der Waals surface area contributed by atoms with Gasteiger partial charge in [0.05, 0.1) is 34.1 Å². The summed E-state index contributed by atoms with van der Waals surface area (Å²) >= 11 is 0. The van der Waals surface area contributed by atoms with Crippen molar-refractivity contribution in [2.24, 2.45) is 0 Å². The number of aliphatic hydroxyl groups is 1. The first kappa shape index (κ1) is 22.5. The van der Waals surface area contributed by atoms with Gasteiger partial charge in [0.15, 0.2) is 11.5 Å². The molecule has 0 saturated heterocycles. The average molecular weight is 427 g/mol. The van der Waals surface area contributed by atoms with Crippen molar-refractivity contribution >= 4 is 0 Å². The molecule has 0 amide bonds. The molecular formula is C24H29NO6. The predicted molar refractivity (Wildman–Crippen MR) is 117 cm³/mol. The van der Waals surface area contributed by atoms with E-state index in [-0.39, 0.29) is 6.61 Å². The van der Waals surface area contributed by atoms with Crippen molar-refractivity contribution in [1.82, 2.24) is 4.90 Å². The van der Waals surface area contributed by atoms with E-state index in [1.54, 1.807) is 27.6 Å². The van der Waals surface area contributed by atoms with Crippen molar-refractivity contribution in [1.29, 1.82) is 0 Å². The molecule has 0 aliphatic carbocycles. The largest absolute Gasteiger partial charge is 0.497 e. The predicted octanol–water partition coefficient (Wildman–Crippen LogP) is 3.75. The normalized spacial score (nSPS) is 11.9. The van der Waals surface area contributed by atoms with Crippen LogP contribution in [0.15, 0.2) is 65.3 Å². The number of furan rings is 1. The van der Waals surface area contributed by atoms with Crippen molar-refractivity contribution in [2.45, 2.75) is 19.2 Å². The van der Waals surface area contributed by atoms with Gasteiger partial charge in [-0.25, -0.2) is 0 Å². The zero-order valence-electron chi connectivity index (χ0n) is 18.1. The minimum atomic E-state index is -0.683. The molecule has 0 bridgehead atoms.